The number of rotatable bonds is 5. The molecule has 2 rings (SSSR count). The number of aryl methyl sites for hydroxylation is 1. The molecule has 1 aliphatic carbocycles. The molecule has 0 aromatic carbocycles. The molecule has 1 fully saturated rings. The van der Waals surface area contributed by atoms with E-state index in [2.05, 4.69) is 15.1 Å². The molecule has 0 saturated heterocycles. The summed E-state index contributed by atoms with van der Waals surface area (Å²) in [6, 6.07) is 0.432. The third kappa shape index (κ3) is 2.44. The highest BCUT2D eigenvalue weighted by Gasteiger charge is 2.32. The summed E-state index contributed by atoms with van der Waals surface area (Å²) in [4.78, 5) is 2.40. The summed E-state index contributed by atoms with van der Waals surface area (Å²) in [6.45, 7) is 4.47. The molecule has 1 saturated carbocycles. The summed E-state index contributed by atoms with van der Waals surface area (Å²) in [6.07, 6.45) is 2.23. The van der Waals surface area contributed by atoms with Crippen molar-refractivity contribution in [2.45, 2.75) is 32.7 Å². The van der Waals surface area contributed by atoms with Gasteiger partial charge in [0.25, 0.3) is 0 Å². The maximum atomic E-state index is 9.17. The number of nitrogens with zero attached hydrogens (tertiary/aromatic N) is 3. The van der Waals surface area contributed by atoms with Crippen LogP contribution in [0.5, 0.6) is 0 Å². The Balaban J connectivity index is 2.47. The number of anilines is 1. The molecule has 6 heteroatoms. The molecule has 3 N–H and O–H groups in total. The van der Waals surface area contributed by atoms with Gasteiger partial charge in [-0.3, -0.25) is 0 Å². The van der Waals surface area contributed by atoms with Gasteiger partial charge in [0.15, 0.2) is 5.82 Å². The van der Waals surface area contributed by atoms with Crippen molar-refractivity contribution in [1.29, 1.82) is 0 Å². The van der Waals surface area contributed by atoms with E-state index in [0.29, 0.717) is 23.4 Å². The molecule has 18 heavy (non-hydrogen) atoms. The van der Waals surface area contributed by atoms with E-state index in [0.717, 1.165) is 29.7 Å². The Hall–Kier alpha value is -1.27. The van der Waals surface area contributed by atoms with Crippen LogP contribution in [0.1, 0.15) is 29.7 Å². The van der Waals surface area contributed by atoms with Gasteiger partial charge in [0, 0.05) is 12.6 Å². The van der Waals surface area contributed by atoms with Crippen molar-refractivity contribution in [3.8, 4) is 0 Å². The van der Waals surface area contributed by atoms with Gasteiger partial charge in [-0.25, -0.2) is 0 Å². The van der Waals surface area contributed by atoms with Gasteiger partial charge >= 0.3 is 0 Å². The Morgan fingerprint density at radius 1 is 1.44 bits per heavy atom. The fourth-order valence-corrected chi connectivity index (χ4v) is 2.29. The Labute approximate surface area is 112 Å². The predicted octanol–water partition coefficient (Wildman–Crippen LogP) is 0.689. The fourth-order valence-electron chi connectivity index (χ4n) is 2.05. The number of thiocarbonyl (C=S) groups is 1. The Morgan fingerprint density at radius 2 is 2.11 bits per heavy atom. The first-order valence-electron chi connectivity index (χ1n) is 6.07. The predicted molar refractivity (Wildman–Crippen MR) is 74.8 cm³/mol. The van der Waals surface area contributed by atoms with E-state index in [-0.39, 0.29) is 6.61 Å². The highest BCUT2D eigenvalue weighted by Crippen LogP contribution is 2.33. The van der Waals surface area contributed by atoms with Crippen molar-refractivity contribution in [1.82, 2.24) is 10.2 Å². The van der Waals surface area contributed by atoms with Crippen LogP contribution in [0, 0.1) is 13.8 Å². The van der Waals surface area contributed by atoms with Gasteiger partial charge in [0.1, 0.15) is 4.99 Å². The summed E-state index contributed by atoms with van der Waals surface area (Å²) < 4.78 is 0. The molecule has 0 atom stereocenters. The molecule has 0 bridgehead atoms. The van der Waals surface area contributed by atoms with E-state index in [1.54, 1.807) is 0 Å². The number of aliphatic hydroxyl groups is 1. The lowest BCUT2D eigenvalue weighted by atomic mass is 10.1. The topological polar surface area (TPSA) is 75.3 Å². The molecular formula is C12H18N4OS. The maximum Gasteiger partial charge on any atom is 0.162 e. The first-order valence-corrected chi connectivity index (χ1v) is 6.48. The van der Waals surface area contributed by atoms with Gasteiger partial charge < -0.3 is 15.7 Å². The average molecular weight is 266 g/mol. The van der Waals surface area contributed by atoms with Gasteiger partial charge in [0.05, 0.1) is 17.9 Å². The van der Waals surface area contributed by atoms with E-state index in [9.17, 15) is 5.11 Å². The highest BCUT2D eigenvalue weighted by atomic mass is 32.1. The standard InChI is InChI=1S/C12H18N4OS/c1-7-8(2)14-15-12(10(7)11(13)18)16(5-6-17)9-3-4-9/h9,17H,3-6H2,1-2H3,(H2,13,18). The second kappa shape index (κ2) is 5.16. The van der Waals surface area contributed by atoms with Crippen molar-refractivity contribution in [3.05, 3.63) is 16.8 Å². The highest BCUT2D eigenvalue weighted by molar-refractivity contribution is 7.80. The molecule has 1 aliphatic rings. The summed E-state index contributed by atoms with van der Waals surface area (Å²) in [5, 5.41) is 17.6. The van der Waals surface area contributed by atoms with Crippen LogP contribution < -0.4 is 10.6 Å². The quantitative estimate of drug-likeness (QED) is 0.764. The second-order valence-electron chi connectivity index (χ2n) is 4.62. The largest absolute Gasteiger partial charge is 0.395 e. The van der Waals surface area contributed by atoms with E-state index < -0.39 is 0 Å². The van der Waals surface area contributed by atoms with Gasteiger partial charge in [-0.15, -0.1) is 5.10 Å². The Kier molecular flexibility index (Phi) is 3.77. The minimum Gasteiger partial charge on any atom is -0.395 e. The molecule has 1 aromatic heterocycles. The van der Waals surface area contributed by atoms with Gasteiger partial charge in [-0.1, -0.05) is 12.2 Å². The number of hydrogen-bond donors (Lipinski definition) is 2. The molecule has 5 nitrogen and oxygen atoms in total. The van der Waals surface area contributed by atoms with Crippen molar-refractivity contribution in [3.63, 3.8) is 0 Å². The number of nitrogens with two attached hydrogens (primary N) is 1. The third-order valence-electron chi connectivity index (χ3n) is 3.28. The van der Waals surface area contributed by atoms with Gasteiger partial charge in [-0.2, -0.15) is 5.10 Å². The van der Waals surface area contributed by atoms with Crippen LogP contribution in [0.3, 0.4) is 0 Å². The molecule has 0 aliphatic heterocycles. The second-order valence-corrected chi connectivity index (χ2v) is 5.06. The smallest absolute Gasteiger partial charge is 0.162 e. The number of aliphatic hydroxyl groups excluding tert-OH is 1. The van der Waals surface area contributed by atoms with Crippen molar-refractivity contribution >= 4 is 23.0 Å². The fraction of sp³-hybridized carbons (Fsp3) is 0.583. The Morgan fingerprint density at radius 3 is 2.61 bits per heavy atom. The van der Waals surface area contributed by atoms with Crippen LogP contribution in [-0.4, -0.2) is 39.5 Å². The molecule has 0 radical (unpaired) electrons. The van der Waals surface area contributed by atoms with Crippen LogP contribution in [0.2, 0.25) is 0 Å². The van der Waals surface area contributed by atoms with Crippen LogP contribution in [-0.2, 0) is 0 Å². The van der Waals surface area contributed by atoms with Crippen LogP contribution in [0.25, 0.3) is 0 Å². The van der Waals surface area contributed by atoms with E-state index in [1.165, 1.54) is 0 Å². The lowest BCUT2D eigenvalue weighted by Crippen LogP contribution is -2.33. The zero-order chi connectivity index (χ0) is 13.3. The minimum absolute atomic E-state index is 0.0852. The summed E-state index contributed by atoms with van der Waals surface area (Å²) in [5.41, 5.74) is 8.41. The molecule has 0 spiro atoms. The lowest BCUT2D eigenvalue weighted by molar-refractivity contribution is 0.301. The SMILES string of the molecule is Cc1nnc(N(CCO)C2CC2)c(C(N)=S)c1C. The van der Waals surface area contributed by atoms with E-state index in [4.69, 9.17) is 18.0 Å². The minimum atomic E-state index is 0.0852. The van der Waals surface area contributed by atoms with Gasteiger partial charge in [-0.05, 0) is 32.3 Å². The number of aromatic nitrogens is 2. The zero-order valence-corrected chi connectivity index (χ0v) is 11.5. The molecule has 0 amide bonds. The monoisotopic (exact) mass is 266 g/mol. The van der Waals surface area contributed by atoms with Crippen LogP contribution >= 0.6 is 12.2 Å². The lowest BCUT2D eigenvalue weighted by Gasteiger charge is -2.25. The normalized spacial score (nSPS) is 14.6. The first-order chi connectivity index (χ1) is 8.56. The summed E-state index contributed by atoms with van der Waals surface area (Å²) in [7, 11) is 0. The molecule has 1 heterocycles. The summed E-state index contributed by atoms with van der Waals surface area (Å²) >= 11 is 5.13. The maximum absolute atomic E-state index is 9.17. The Bertz CT molecular complexity index is 473. The van der Waals surface area contributed by atoms with Crippen LogP contribution in [0.15, 0.2) is 0 Å². The first kappa shape index (κ1) is 13.2. The molecule has 0 unspecified atom stereocenters. The molecular weight excluding hydrogens is 248 g/mol. The molecule has 98 valence electrons. The van der Waals surface area contributed by atoms with E-state index in [1.807, 2.05) is 13.8 Å². The van der Waals surface area contributed by atoms with E-state index >= 15 is 0 Å². The average Bonchev–Trinajstić information content (AvgIpc) is 3.13. The number of hydrogen-bond acceptors (Lipinski definition) is 5. The van der Waals surface area contributed by atoms with Gasteiger partial charge in [0.2, 0.25) is 0 Å². The molecule has 1 aromatic rings. The summed E-state index contributed by atoms with van der Waals surface area (Å²) in [5.74, 6) is 0.710. The van der Waals surface area contributed by atoms with Crippen molar-refractivity contribution < 1.29 is 5.11 Å². The van der Waals surface area contributed by atoms with Crippen LogP contribution in [0.4, 0.5) is 5.82 Å². The van der Waals surface area contributed by atoms with Crippen molar-refractivity contribution in [2.24, 2.45) is 5.73 Å². The van der Waals surface area contributed by atoms with Crippen molar-refractivity contribution in [2.75, 3.05) is 18.1 Å². The zero-order valence-electron chi connectivity index (χ0n) is 10.7. The third-order valence-corrected chi connectivity index (χ3v) is 3.49.